The number of halogens is 2. The average molecular weight is 1370 g/mol. The standard InChI is InChI=1S/C65H93ClIN11O11/c1-16-41(6)58-65(89)74(11)37-56(81)72(9)38-57(82)76(13)52(35-45-25-27-47(66)28-26-45)63(87)73(10)36-54(79)69-49(33-46-23-20-24-48(67)32-46)60(84)70-50(29-39(2)3)62(86)78(15)53(34-44-21-18-17-19-22-44)64(88)77(14)51(30-40(4)5)61(85)68-42(7)31-55(80)75(12)43(8)59(83)71-58/h17-28,32,39-43,49-53,58H,16,29-31,33-38H2,1-15H3,(H,68,85)(H,69,79)(H,70,84)(H,71,83)/t41-,42-,43-,49-,50-,51-,52-,53-,58-/m0/s1. The fourth-order valence-corrected chi connectivity index (χ4v) is 11.1. The summed E-state index contributed by atoms with van der Waals surface area (Å²) in [4.78, 5) is 167. The summed E-state index contributed by atoms with van der Waals surface area (Å²) in [5.41, 5.74) is 2.00. The number of nitrogens with zero attached hydrogens (tertiary/aromatic N) is 7. The molecule has 1 aliphatic rings. The Morgan fingerprint density at radius 2 is 1.04 bits per heavy atom. The van der Waals surface area contributed by atoms with E-state index in [1.165, 1.54) is 75.9 Å². The summed E-state index contributed by atoms with van der Waals surface area (Å²) in [7, 11) is 9.94. The van der Waals surface area contributed by atoms with Gasteiger partial charge >= 0.3 is 0 Å². The van der Waals surface area contributed by atoms with Crippen molar-refractivity contribution >= 4 is 99.2 Å². The first-order valence-electron chi connectivity index (χ1n) is 30.3. The van der Waals surface area contributed by atoms with Gasteiger partial charge in [0, 0.05) is 89.7 Å². The topological polar surface area (TPSA) is 259 Å². The molecular formula is C65H93ClIN11O11. The molecule has 0 bridgehead atoms. The Labute approximate surface area is 544 Å². The fraction of sp³-hybridized carbons (Fsp3) is 0.554. The molecule has 22 nitrogen and oxygen atoms in total. The molecule has 1 heterocycles. The van der Waals surface area contributed by atoms with Gasteiger partial charge in [0.1, 0.15) is 42.3 Å². The van der Waals surface area contributed by atoms with E-state index in [9.17, 15) is 43.2 Å². The first-order valence-corrected chi connectivity index (χ1v) is 31.7. The largest absolute Gasteiger partial charge is 0.351 e. The highest BCUT2D eigenvalue weighted by atomic mass is 127. The number of likely N-dealkylation sites (N-methyl/N-ethyl adjacent to an activating group) is 7. The maximum atomic E-state index is 15.2. The molecule has 0 spiro atoms. The molecule has 0 saturated carbocycles. The SMILES string of the molecule is CC[C@H](C)[C@@H]1NC(=O)[C@H](C)N(C)C(=O)C[C@H](C)NC(=O)[C@H](CC(C)C)N(C)C(=O)[C@H](Cc2ccccc2)N(C)C(=O)[C@H](CC(C)C)NC(=O)[C@H](Cc2cccc(I)c2)NC(=O)CN(C)C(=O)[C@H](Cc2ccc(Cl)cc2)N(C)C(=O)CN(C)C(=O)CN(C)C1=O. The Kier molecular flexibility index (Phi) is 29.0. The van der Waals surface area contributed by atoms with Gasteiger partial charge in [-0.25, -0.2) is 0 Å². The monoisotopic (exact) mass is 1370 g/mol. The van der Waals surface area contributed by atoms with Gasteiger partial charge in [-0.2, -0.15) is 0 Å². The molecule has 4 rings (SSSR count). The van der Waals surface area contributed by atoms with E-state index in [-0.39, 0.29) is 50.4 Å². The summed E-state index contributed by atoms with van der Waals surface area (Å²) in [5.74, 6) is -7.67. The van der Waals surface area contributed by atoms with Crippen molar-refractivity contribution in [2.75, 3.05) is 69.0 Å². The molecule has 11 amide bonds. The molecular weight excluding hydrogens is 1270 g/mol. The smallest absolute Gasteiger partial charge is 0.246 e. The van der Waals surface area contributed by atoms with Crippen LogP contribution in [0.25, 0.3) is 0 Å². The van der Waals surface area contributed by atoms with Gasteiger partial charge in [-0.05, 0) is 108 Å². The van der Waals surface area contributed by atoms with Crippen LogP contribution in [0.15, 0.2) is 78.9 Å². The van der Waals surface area contributed by atoms with E-state index in [0.717, 1.165) is 18.3 Å². The molecule has 9 atom stereocenters. The summed E-state index contributed by atoms with van der Waals surface area (Å²) >= 11 is 8.36. The van der Waals surface area contributed by atoms with Crippen LogP contribution in [0.4, 0.5) is 0 Å². The third-order valence-electron chi connectivity index (χ3n) is 16.3. The van der Waals surface area contributed by atoms with E-state index in [1.54, 1.807) is 62.4 Å². The molecule has 0 aromatic heterocycles. The minimum absolute atomic E-state index is 0.0232. The predicted molar refractivity (Wildman–Crippen MR) is 349 cm³/mol. The molecule has 4 N–H and O–H groups in total. The number of hydrogen-bond donors (Lipinski definition) is 4. The lowest BCUT2D eigenvalue weighted by Gasteiger charge is -2.37. The minimum atomic E-state index is -1.30. The summed E-state index contributed by atoms with van der Waals surface area (Å²) in [6.07, 6.45) is 0.458. The zero-order chi connectivity index (χ0) is 66.7. The van der Waals surface area contributed by atoms with E-state index < -0.39 is 139 Å². The third-order valence-corrected chi connectivity index (χ3v) is 17.2. The molecule has 3 aromatic rings. The lowest BCUT2D eigenvalue weighted by molar-refractivity contribution is -0.149. The van der Waals surface area contributed by atoms with Gasteiger partial charge in [0.05, 0.1) is 19.6 Å². The van der Waals surface area contributed by atoms with E-state index in [1.807, 2.05) is 65.0 Å². The quantitative estimate of drug-likeness (QED) is 0.187. The van der Waals surface area contributed by atoms with Crippen molar-refractivity contribution in [3.05, 3.63) is 104 Å². The Morgan fingerprint density at radius 1 is 0.494 bits per heavy atom. The lowest BCUT2D eigenvalue weighted by Crippen LogP contribution is -2.60. The zero-order valence-corrected chi connectivity index (χ0v) is 57.2. The fourth-order valence-electron chi connectivity index (χ4n) is 10.4. The van der Waals surface area contributed by atoms with Gasteiger partial charge < -0.3 is 55.6 Å². The zero-order valence-electron chi connectivity index (χ0n) is 54.3. The molecule has 1 fully saturated rings. The van der Waals surface area contributed by atoms with Crippen molar-refractivity contribution in [2.24, 2.45) is 17.8 Å². The van der Waals surface area contributed by atoms with Crippen molar-refractivity contribution < 1.29 is 52.7 Å². The molecule has 0 unspecified atom stereocenters. The first-order chi connectivity index (χ1) is 41.7. The van der Waals surface area contributed by atoms with Gasteiger partial charge in [-0.3, -0.25) is 52.7 Å². The van der Waals surface area contributed by atoms with Crippen LogP contribution in [-0.4, -0.2) is 217 Å². The highest BCUT2D eigenvalue weighted by Crippen LogP contribution is 2.22. The number of nitrogens with one attached hydrogen (secondary N) is 4. The molecule has 89 heavy (non-hydrogen) atoms. The predicted octanol–water partition coefficient (Wildman–Crippen LogP) is 4.18. The molecule has 1 saturated heterocycles. The summed E-state index contributed by atoms with van der Waals surface area (Å²) in [5, 5.41) is 11.9. The van der Waals surface area contributed by atoms with Crippen LogP contribution < -0.4 is 21.3 Å². The van der Waals surface area contributed by atoms with E-state index in [0.29, 0.717) is 28.1 Å². The summed E-state index contributed by atoms with van der Waals surface area (Å²) < 4.78 is 0.852. The minimum Gasteiger partial charge on any atom is -0.351 e. The van der Waals surface area contributed by atoms with Crippen LogP contribution in [0.2, 0.25) is 5.02 Å². The van der Waals surface area contributed by atoms with Crippen molar-refractivity contribution in [1.29, 1.82) is 0 Å². The molecule has 3 aromatic carbocycles. The van der Waals surface area contributed by atoms with Crippen LogP contribution in [0.1, 0.15) is 97.8 Å². The van der Waals surface area contributed by atoms with Crippen LogP contribution in [0, 0.1) is 21.3 Å². The Morgan fingerprint density at radius 3 is 1.63 bits per heavy atom. The normalized spacial score (nSPS) is 23.8. The van der Waals surface area contributed by atoms with E-state index in [4.69, 9.17) is 11.6 Å². The maximum absolute atomic E-state index is 15.2. The van der Waals surface area contributed by atoms with Crippen molar-refractivity contribution in [3.63, 3.8) is 0 Å². The molecule has 1 aliphatic heterocycles. The van der Waals surface area contributed by atoms with Gasteiger partial charge in [0.15, 0.2) is 0 Å². The Bertz CT molecular complexity index is 2970. The number of benzene rings is 3. The van der Waals surface area contributed by atoms with Gasteiger partial charge in [0.25, 0.3) is 0 Å². The highest BCUT2D eigenvalue weighted by molar-refractivity contribution is 14.1. The third kappa shape index (κ3) is 22.1. The van der Waals surface area contributed by atoms with Crippen LogP contribution in [-0.2, 0) is 72.0 Å². The molecule has 24 heteroatoms. The highest BCUT2D eigenvalue weighted by Gasteiger charge is 2.40. The second-order valence-corrected chi connectivity index (χ2v) is 26.2. The summed E-state index contributed by atoms with van der Waals surface area (Å²) in [6, 6.07) is 13.9. The number of rotatable bonds is 12. The number of hydrogen-bond acceptors (Lipinski definition) is 11. The first kappa shape index (κ1) is 74.3. The van der Waals surface area contributed by atoms with E-state index >= 15 is 9.59 Å². The molecule has 488 valence electrons. The van der Waals surface area contributed by atoms with Crippen molar-refractivity contribution in [3.8, 4) is 0 Å². The lowest BCUT2D eigenvalue weighted by atomic mass is 9.97. The summed E-state index contributed by atoms with van der Waals surface area (Å²) in [6.45, 7) is 12.6. The van der Waals surface area contributed by atoms with Crippen LogP contribution in [0.5, 0.6) is 0 Å². The second-order valence-electron chi connectivity index (χ2n) is 24.5. The van der Waals surface area contributed by atoms with Crippen molar-refractivity contribution in [2.45, 2.75) is 149 Å². The van der Waals surface area contributed by atoms with Crippen molar-refractivity contribution in [1.82, 2.24) is 55.6 Å². The molecule has 0 radical (unpaired) electrons. The average Bonchev–Trinajstić information content (AvgIpc) is 2.44. The number of amides is 11. The Hall–Kier alpha value is -7.15. The number of carbonyl (C=O) groups is 11. The van der Waals surface area contributed by atoms with Gasteiger partial charge in [0.2, 0.25) is 65.0 Å². The molecule has 0 aliphatic carbocycles. The van der Waals surface area contributed by atoms with Crippen LogP contribution >= 0.6 is 34.2 Å². The Balaban J connectivity index is 1.84. The second kappa shape index (κ2) is 34.7. The number of carbonyl (C=O) groups excluding carboxylic acids is 11. The maximum Gasteiger partial charge on any atom is 0.246 e. The van der Waals surface area contributed by atoms with E-state index in [2.05, 4.69) is 43.9 Å². The van der Waals surface area contributed by atoms with Gasteiger partial charge in [-0.15, -0.1) is 0 Å². The van der Waals surface area contributed by atoms with Gasteiger partial charge in [-0.1, -0.05) is 114 Å². The van der Waals surface area contributed by atoms with Crippen LogP contribution in [0.3, 0.4) is 0 Å².